The molecule has 0 fully saturated rings. The standard InChI is InChI=1S/C32H15N5O2/c1-3-10-24-16(6-1)18-14-19-23(15-27(18)39-24)36-22-9-5-8-21-30(22)37(31(36)33-19)32-34-29-20(35(21)32)12-13-26-28(29)17-7-2-4-11-25(17)38-26/h1-15H. The highest BCUT2D eigenvalue weighted by molar-refractivity contribution is 6.18. The second-order valence-corrected chi connectivity index (χ2v) is 10.3. The van der Waals surface area contributed by atoms with Crippen LogP contribution in [0.15, 0.2) is 99.8 Å². The lowest BCUT2D eigenvalue weighted by Crippen LogP contribution is -1.87. The topological polar surface area (TPSA) is 65.3 Å². The Bertz CT molecular complexity index is 2840. The zero-order valence-electron chi connectivity index (χ0n) is 20.2. The summed E-state index contributed by atoms with van der Waals surface area (Å²) in [6.07, 6.45) is 0. The van der Waals surface area contributed by atoms with Gasteiger partial charge < -0.3 is 8.83 Å². The quantitative estimate of drug-likeness (QED) is 0.212. The minimum absolute atomic E-state index is 0.840. The molecular formula is C32H15N5O2. The van der Waals surface area contributed by atoms with E-state index in [0.717, 1.165) is 94.0 Å². The van der Waals surface area contributed by atoms with E-state index in [0.29, 0.717) is 0 Å². The Labute approximate surface area is 217 Å². The zero-order valence-corrected chi connectivity index (χ0v) is 20.2. The lowest BCUT2D eigenvalue weighted by Gasteiger charge is -1.98. The molecular weight excluding hydrogens is 486 g/mol. The van der Waals surface area contributed by atoms with Crippen molar-refractivity contribution in [2.75, 3.05) is 0 Å². The minimum atomic E-state index is 0.840. The van der Waals surface area contributed by atoms with E-state index in [2.05, 4.69) is 67.8 Å². The summed E-state index contributed by atoms with van der Waals surface area (Å²) in [4.78, 5) is 10.4. The molecule has 0 bridgehead atoms. The van der Waals surface area contributed by atoms with Crippen LogP contribution in [0, 0.1) is 0 Å². The van der Waals surface area contributed by atoms with Crippen LogP contribution >= 0.6 is 0 Å². The first-order valence-electron chi connectivity index (χ1n) is 12.9. The summed E-state index contributed by atoms with van der Waals surface area (Å²) in [5.41, 5.74) is 10.7. The lowest BCUT2D eigenvalue weighted by atomic mass is 10.1. The molecule has 0 aliphatic heterocycles. The number of furan rings is 2. The predicted molar refractivity (Wildman–Crippen MR) is 153 cm³/mol. The van der Waals surface area contributed by atoms with E-state index in [-0.39, 0.29) is 0 Å². The average molecular weight is 502 g/mol. The van der Waals surface area contributed by atoms with Gasteiger partial charge in [-0.05, 0) is 42.5 Å². The van der Waals surface area contributed by atoms with E-state index >= 15 is 0 Å². The molecule has 7 nitrogen and oxygen atoms in total. The number of hydrogen-bond donors (Lipinski definition) is 0. The molecule has 6 aromatic heterocycles. The number of benzene rings is 5. The fourth-order valence-electron chi connectivity index (χ4n) is 6.80. The molecule has 0 atom stereocenters. The second-order valence-electron chi connectivity index (χ2n) is 10.3. The third kappa shape index (κ3) is 1.97. The molecule has 39 heavy (non-hydrogen) atoms. The molecule has 6 heterocycles. The highest BCUT2D eigenvalue weighted by Gasteiger charge is 2.25. The van der Waals surface area contributed by atoms with Crippen LogP contribution in [0.1, 0.15) is 0 Å². The van der Waals surface area contributed by atoms with Gasteiger partial charge in [0.15, 0.2) is 0 Å². The van der Waals surface area contributed by atoms with E-state index < -0.39 is 0 Å². The number of aromatic nitrogens is 5. The molecule has 7 heteroatoms. The van der Waals surface area contributed by atoms with Crippen molar-refractivity contribution in [2.24, 2.45) is 0 Å². The summed E-state index contributed by atoms with van der Waals surface area (Å²) in [7, 11) is 0. The molecule has 5 aromatic carbocycles. The van der Waals surface area contributed by atoms with Crippen molar-refractivity contribution in [1.29, 1.82) is 0 Å². The van der Waals surface area contributed by atoms with Gasteiger partial charge in [0.1, 0.15) is 33.4 Å². The van der Waals surface area contributed by atoms with E-state index in [9.17, 15) is 0 Å². The summed E-state index contributed by atoms with van der Waals surface area (Å²) < 4.78 is 19.1. The van der Waals surface area contributed by atoms with Gasteiger partial charge in [0, 0.05) is 22.2 Å². The number of hydrogen-bond acceptors (Lipinski definition) is 4. The number of nitrogens with zero attached hydrogens (tertiary/aromatic N) is 5. The molecule has 11 aromatic rings. The van der Waals surface area contributed by atoms with Crippen LogP contribution in [0.25, 0.3) is 94.0 Å². The summed E-state index contributed by atoms with van der Waals surface area (Å²) in [5, 5.41) is 4.30. The molecule has 0 saturated carbocycles. The monoisotopic (exact) mass is 501 g/mol. The Kier molecular flexibility index (Phi) is 2.84. The number of rotatable bonds is 0. The SMILES string of the molecule is c1ccc2c(c1)oc1cc3c(cc12)nc1n3c2cccc3c2n1c1nc2c4c(ccc2n31)oc1ccccc14. The van der Waals surface area contributed by atoms with Crippen molar-refractivity contribution in [3.05, 3.63) is 91.0 Å². The number of imidazole rings is 4. The molecule has 11 rings (SSSR count). The van der Waals surface area contributed by atoms with Gasteiger partial charge in [0.25, 0.3) is 0 Å². The number of fused-ring (bicyclic) bond motifs is 17. The van der Waals surface area contributed by atoms with Gasteiger partial charge in [0.2, 0.25) is 11.6 Å². The molecule has 0 saturated heterocycles. The molecule has 0 unspecified atom stereocenters. The van der Waals surface area contributed by atoms with Crippen LogP contribution in [0.3, 0.4) is 0 Å². The first-order chi connectivity index (χ1) is 19.3. The molecule has 0 radical (unpaired) electrons. The average Bonchev–Trinajstić information content (AvgIpc) is 3.77. The highest BCUT2D eigenvalue weighted by atomic mass is 16.3. The van der Waals surface area contributed by atoms with Crippen LogP contribution in [0.4, 0.5) is 0 Å². The van der Waals surface area contributed by atoms with Gasteiger partial charge in [0.05, 0.1) is 33.0 Å². The van der Waals surface area contributed by atoms with Crippen LogP contribution in [0.5, 0.6) is 0 Å². The second kappa shape index (κ2) is 5.95. The van der Waals surface area contributed by atoms with E-state index in [1.807, 2.05) is 36.4 Å². The van der Waals surface area contributed by atoms with E-state index in [4.69, 9.17) is 18.8 Å². The predicted octanol–water partition coefficient (Wildman–Crippen LogP) is 7.93. The van der Waals surface area contributed by atoms with Crippen LogP contribution in [-0.2, 0) is 0 Å². The Morgan fingerprint density at radius 1 is 0.487 bits per heavy atom. The summed E-state index contributed by atoms with van der Waals surface area (Å²) in [6.45, 7) is 0. The van der Waals surface area contributed by atoms with Gasteiger partial charge in [-0.2, -0.15) is 0 Å². The third-order valence-electron chi connectivity index (χ3n) is 8.38. The van der Waals surface area contributed by atoms with Gasteiger partial charge in [-0.25, -0.2) is 14.4 Å². The highest BCUT2D eigenvalue weighted by Crippen LogP contribution is 2.39. The van der Waals surface area contributed by atoms with Crippen molar-refractivity contribution in [1.82, 2.24) is 23.2 Å². The van der Waals surface area contributed by atoms with Gasteiger partial charge in [-0.1, -0.05) is 42.5 Å². The minimum Gasteiger partial charge on any atom is -0.456 e. The van der Waals surface area contributed by atoms with Crippen molar-refractivity contribution in [3.63, 3.8) is 0 Å². The van der Waals surface area contributed by atoms with Gasteiger partial charge in [-0.3, -0.25) is 8.80 Å². The zero-order chi connectivity index (χ0) is 25.0. The smallest absolute Gasteiger partial charge is 0.223 e. The third-order valence-corrected chi connectivity index (χ3v) is 8.38. The summed E-state index contributed by atoms with van der Waals surface area (Å²) in [6, 6.07) is 31.2. The Morgan fingerprint density at radius 3 is 2.08 bits per heavy atom. The van der Waals surface area contributed by atoms with Crippen LogP contribution < -0.4 is 0 Å². The lowest BCUT2D eigenvalue weighted by molar-refractivity contribution is 0.669. The molecule has 0 aliphatic rings. The fourth-order valence-corrected chi connectivity index (χ4v) is 6.80. The van der Waals surface area contributed by atoms with Gasteiger partial charge in [-0.15, -0.1) is 0 Å². The van der Waals surface area contributed by atoms with Crippen molar-refractivity contribution in [3.8, 4) is 0 Å². The first kappa shape index (κ1) is 18.6. The fraction of sp³-hybridized carbons (Fsp3) is 0. The molecule has 0 spiro atoms. The van der Waals surface area contributed by atoms with Crippen LogP contribution in [-0.4, -0.2) is 23.2 Å². The maximum Gasteiger partial charge on any atom is 0.223 e. The number of para-hydroxylation sites is 3. The first-order valence-corrected chi connectivity index (χ1v) is 12.9. The van der Waals surface area contributed by atoms with E-state index in [1.54, 1.807) is 0 Å². The Hall–Kier alpha value is -5.56. The Balaban J connectivity index is 1.36. The summed E-state index contributed by atoms with van der Waals surface area (Å²) in [5.74, 6) is 1.68. The van der Waals surface area contributed by atoms with Crippen molar-refractivity contribution < 1.29 is 8.83 Å². The maximum absolute atomic E-state index is 6.23. The maximum atomic E-state index is 6.23. The van der Waals surface area contributed by atoms with Gasteiger partial charge >= 0.3 is 0 Å². The van der Waals surface area contributed by atoms with E-state index in [1.165, 1.54) is 0 Å². The molecule has 0 N–H and O–H groups in total. The normalized spacial score (nSPS) is 13.1. The van der Waals surface area contributed by atoms with Crippen molar-refractivity contribution in [2.45, 2.75) is 0 Å². The van der Waals surface area contributed by atoms with Crippen LogP contribution in [0.2, 0.25) is 0 Å². The molecule has 0 amide bonds. The molecule has 180 valence electrons. The Morgan fingerprint density at radius 2 is 1.21 bits per heavy atom. The summed E-state index contributed by atoms with van der Waals surface area (Å²) >= 11 is 0. The van der Waals surface area contributed by atoms with Crippen molar-refractivity contribution >= 4 is 94.0 Å². The largest absolute Gasteiger partial charge is 0.456 e. The molecule has 0 aliphatic carbocycles.